The molecule has 0 aromatic heterocycles. The van der Waals surface area contributed by atoms with Gasteiger partial charge in [-0.2, -0.15) is 0 Å². The Bertz CT molecular complexity index is 327. The lowest BCUT2D eigenvalue weighted by molar-refractivity contribution is -0.243. The van der Waals surface area contributed by atoms with Crippen LogP contribution in [-0.2, 0) is 9.47 Å². The lowest BCUT2D eigenvalue weighted by atomic mass is 9.97. The van der Waals surface area contributed by atoms with Gasteiger partial charge in [0.25, 0.3) is 0 Å². The van der Waals surface area contributed by atoms with Crippen molar-refractivity contribution in [1.82, 2.24) is 0 Å². The highest BCUT2D eigenvalue weighted by Crippen LogP contribution is 2.36. The Morgan fingerprint density at radius 2 is 2.16 bits per heavy atom. The molecule has 0 spiro atoms. The lowest BCUT2D eigenvalue weighted by Gasteiger charge is -2.33. The van der Waals surface area contributed by atoms with Crippen LogP contribution < -0.4 is 0 Å². The Morgan fingerprint density at radius 1 is 1.37 bits per heavy atom. The smallest absolute Gasteiger partial charge is 0.168 e. The molecule has 0 unspecified atom stereocenters. The zero-order chi connectivity index (χ0) is 13.6. The fourth-order valence-corrected chi connectivity index (χ4v) is 3.05. The third kappa shape index (κ3) is 4.16. The zero-order valence-corrected chi connectivity index (χ0v) is 11.9. The topological polar surface area (TPSA) is 38.7 Å². The normalized spacial score (nSPS) is 23.4. The van der Waals surface area contributed by atoms with E-state index in [1.807, 2.05) is 0 Å². The lowest BCUT2D eigenvalue weighted by Crippen LogP contribution is -2.36. The highest BCUT2D eigenvalue weighted by atomic mass is 16.7. The minimum Gasteiger partial charge on any atom is -0.396 e. The molecule has 3 nitrogen and oxygen atoms in total. The highest BCUT2D eigenvalue weighted by molar-refractivity contribution is 5.18. The second-order valence-electron chi connectivity index (χ2n) is 5.57. The monoisotopic (exact) mass is 266 g/mol. The summed E-state index contributed by atoms with van der Waals surface area (Å²) in [6, 6.07) is 0. The van der Waals surface area contributed by atoms with Gasteiger partial charge in [0.05, 0.1) is 6.10 Å². The van der Waals surface area contributed by atoms with E-state index in [1.54, 1.807) is 7.11 Å². The molecule has 2 aliphatic carbocycles. The number of hydrogen-bond donors (Lipinski definition) is 1. The van der Waals surface area contributed by atoms with E-state index >= 15 is 0 Å². The number of ether oxygens (including phenoxy) is 2. The van der Waals surface area contributed by atoms with Crippen molar-refractivity contribution in [2.75, 3.05) is 13.7 Å². The summed E-state index contributed by atoms with van der Waals surface area (Å²) >= 11 is 0. The number of hydrogen-bond acceptors (Lipinski definition) is 3. The van der Waals surface area contributed by atoms with Crippen molar-refractivity contribution in [2.24, 2.45) is 0 Å². The fourth-order valence-electron chi connectivity index (χ4n) is 3.05. The molecule has 0 aromatic carbocycles. The molecule has 2 aliphatic rings. The summed E-state index contributed by atoms with van der Waals surface area (Å²) in [4.78, 5) is 0. The van der Waals surface area contributed by atoms with Gasteiger partial charge in [-0.15, -0.1) is 0 Å². The van der Waals surface area contributed by atoms with Gasteiger partial charge in [0.2, 0.25) is 0 Å². The third-order valence-electron chi connectivity index (χ3n) is 4.16. The van der Waals surface area contributed by atoms with E-state index in [1.165, 1.54) is 18.4 Å². The SMILES string of the molecule is COC1(O[C@H](CCO)CC2=CC=CCC2)CCCC1. The van der Waals surface area contributed by atoms with Crippen LogP contribution in [0.25, 0.3) is 0 Å². The van der Waals surface area contributed by atoms with Crippen molar-refractivity contribution in [1.29, 1.82) is 0 Å². The van der Waals surface area contributed by atoms with E-state index in [4.69, 9.17) is 9.47 Å². The number of allylic oxidation sites excluding steroid dienone is 3. The van der Waals surface area contributed by atoms with Crippen LogP contribution in [0.2, 0.25) is 0 Å². The van der Waals surface area contributed by atoms with Gasteiger partial charge in [-0.1, -0.05) is 23.8 Å². The standard InChI is InChI=1S/C16H26O3/c1-18-16(10-5-6-11-16)19-15(9-12-17)13-14-7-3-2-4-8-14/h2-3,7,15,17H,4-6,8-13H2,1H3/t15-/m1/s1. The van der Waals surface area contributed by atoms with Crippen molar-refractivity contribution in [3.05, 3.63) is 23.8 Å². The first-order valence-corrected chi connectivity index (χ1v) is 7.46. The first kappa shape index (κ1) is 14.8. The van der Waals surface area contributed by atoms with Crippen LogP contribution in [0.5, 0.6) is 0 Å². The van der Waals surface area contributed by atoms with Crippen LogP contribution in [0, 0.1) is 0 Å². The summed E-state index contributed by atoms with van der Waals surface area (Å²) in [5.74, 6) is -0.398. The van der Waals surface area contributed by atoms with E-state index in [9.17, 15) is 5.11 Å². The second-order valence-corrected chi connectivity index (χ2v) is 5.57. The van der Waals surface area contributed by atoms with Gasteiger partial charge < -0.3 is 14.6 Å². The number of rotatable bonds is 7. The Kier molecular flexibility index (Phi) is 5.61. The van der Waals surface area contributed by atoms with E-state index in [0.717, 1.165) is 32.1 Å². The van der Waals surface area contributed by atoms with Gasteiger partial charge in [0.1, 0.15) is 0 Å². The Hall–Kier alpha value is -0.640. The Balaban J connectivity index is 1.94. The van der Waals surface area contributed by atoms with Gasteiger partial charge in [-0.05, 0) is 38.5 Å². The first-order valence-electron chi connectivity index (χ1n) is 7.46. The van der Waals surface area contributed by atoms with Crippen molar-refractivity contribution in [3.8, 4) is 0 Å². The van der Waals surface area contributed by atoms with Crippen LogP contribution in [0.3, 0.4) is 0 Å². The van der Waals surface area contributed by atoms with Crippen LogP contribution >= 0.6 is 0 Å². The van der Waals surface area contributed by atoms with Crippen molar-refractivity contribution in [2.45, 2.75) is 63.3 Å². The predicted octanol–water partition coefficient (Wildman–Crippen LogP) is 3.34. The van der Waals surface area contributed by atoms with Crippen LogP contribution in [0.1, 0.15) is 51.4 Å². The second kappa shape index (κ2) is 7.22. The maximum absolute atomic E-state index is 9.24. The summed E-state index contributed by atoms with van der Waals surface area (Å²) < 4.78 is 11.9. The Labute approximate surface area is 116 Å². The summed E-state index contributed by atoms with van der Waals surface area (Å²) in [6.07, 6.45) is 14.7. The summed E-state index contributed by atoms with van der Waals surface area (Å²) in [5, 5.41) is 9.24. The average Bonchev–Trinajstić information content (AvgIpc) is 2.89. The fraction of sp³-hybridized carbons (Fsp3) is 0.750. The van der Waals surface area contributed by atoms with Gasteiger partial charge in [0, 0.05) is 26.6 Å². The van der Waals surface area contributed by atoms with E-state index in [2.05, 4.69) is 18.2 Å². The number of aliphatic hydroxyl groups excluding tert-OH is 1. The molecule has 0 heterocycles. The van der Waals surface area contributed by atoms with Crippen LogP contribution in [0.4, 0.5) is 0 Å². The maximum atomic E-state index is 9.24. The minimum atomic E-state index is -0.398. The first-order chi connectivity index (χ1) is 9.28. The highest BCUT2D eigenvalue weighted by Gasteiger charge is 2.37. The minimum absolute atomic E-state index is 0.0702. The van der Waals surface area contributed by atoms with E-state index in [0.29, 0.717) is 6.42 Å². The molecule has 1 fully saturated rings. The summed E-state index contributed by atoms with van der Waals surface area (Å²) in [5.41, 5.74) is 1.42. The summed E-state index contributed by atoms with van der Waals surface area (Å²) in [7, 11) is 1.74. The van der Waals surface area contributed by atoms with Gasteiger partial charge in [-0.25, -0.2) is 0 Å². The molecular weight excluding hydrogens is 240 g/mol. The largest absolute Gasteiger partial charge is 0.396 e. The predicted molar refractivity (Wildman–Crippen MR) is 75.9 cm³/mol. The molecule has 0 bridgehead atoms. The molecule has 0 saturated heterocycles. The van der Waals surface area contributed by atoms with Crippen LogP contribution in [-0.4, -0.2) is 30.7 Å². The molecule has 19 heavy (non-hydrogen) atoms. The summed E-state index contributed by atoms with van der Waals surface area (Å²) in [6.45, 7) is 0.174. The quantitative estimate of drug-likeness (QED) is 0.718. The van der Waals surface area contributed by atoms with Crippen LogP contribution in [0.15, 0.2) is 23.8 Å². The maximum Gasteiger partial charge on any atom is 0.168 e. The third-order valence-corrected chi connectivity index (χ3v) is 4.16. The molecule has 1 saturated carbocycles. The van der Waals surface area contributed by atoms with E-state index < -0.39 is 5.79 Å². The van der Waals surface area contributed by atoms with Gasteiger partial charge in [-0.3, -0.25) is 0 Å². The molecule has 0 aliphatic heterocycles. The molecule has 2 rings (SSSR count). The number of methoxy groups -OCH3 is 1. The van der Waals surface area contributed by atoms with E-state index in [-0.39, 0.29) is 12.7 Å². The van der Waals surface area contributed by atoms with Crippen molar-refractivity contribution in [3.63, 3.8) is 0 Å². The van der Waals surface area contributed by atoms with Gasteiger partial charge in [0.15, 0.2) is 5.79 Å². The molecule has 3 heteroatoms. The molecule has 1 N–H and O–H groups in total. The number of aliphatic hydroxyl groups is 1. The van der Waals surface area contributed by atoms with Crippen molar-refractivity contribution < 1.29 is 14.6 Å². The Morgan fingerprint density at radius 3 is 2.74 bits per heavy atom. The van der Waals surface area contributed by atoms with Gasteiger partial charge >= 0.3 is 0 Å². The molecule has 0 amide bonds. The molecule has 1 atom stereocenters. The average molecular weight is 266 g/mol. The molecule has 0 radical (unpaired) electrons. The molecular formula is C16H26O3. The van der Waals surface area contributed by atoms with Crippen molar-refractivity contribution >= 4 is 0 Å². The molecule has 0 aromatic rings. The molecule has 108 valence electrons. The zero-order valence-electron chi connectivity index (χ0n) is 11.9.